The number of hydrogen-bond donors (Lipinski definition) is 1. The molecule has 4 heteroatoms. The molecule has 0 aliphatic heterocycles. The summed E-state index contributed by atoms with van der Waals surface area (Å²) in [4.78, 5) is 1.36. The number of halogens is 2. The lowest BCUT2D eigenvalue weighted by Gasteiger charge is -2.12. The highest BCUT2D eigenvalue weighted by atomic mass is 35.5. The van der Waals surface area contributed by atoms with Crippen molar-refractivity contribution in [1.82, 2.24) is 0 Å². The third kappa shape index (κ3) is 3.46. The van der Waals surface area contributed by atoms with Crippen molar-refractivity contribution in [3.05, 3.63) is 56.2 Å². The molecule has 17 heavy (non-hydrogen) atoms. The van der Waals surface area contributed by atoms with E-state index in [-0.39, 0.29) is 6.04 Å². The first-order chi connectivity index (χ1) is 8.16. The van der Waals surface area contributed by atoms with Crippen molar-refractivity contribution in [2.45, 2.75) is 18.9 Å². The van der Waals surface area contributed by atoms with Crippen LogP contribution in [0.1, 0.15) is 22.9 Å². The van der Waals surface area contributed by atoms with Gasteiger partial charge < -0.3 is 5.73 Å². The first-order valence-electron chi connectivity index (χ1n) is 5.39. The third-order valence-electron chi connectivity index (χ3n) is 2.65. The molecule has 1 atom stereocenters. The molecule has 2 aromatic rings. The quantitative estimate of drug-likeness (QED) is 0.867. The number of aryl methyl sites for hydroxylation is 1. The number of thiophene rings is 1. The minimum Gasteiger partial charge on any atom is -0.324 e. The Balaban J connectivity index is 1.99. The van der Waals surface area contributed by atoms with Gasteiger partial charge in [-0.3, -0.25) is 0 Å². The molecule has 1 aromatic carbocycles. The summed E-state index contributed by atoms with van der Waals surface area (Å²) in [7, 11) is 0. The van der Waals surface area contributed by atoms with Gasteiger partial charge in [-0.05, 0) is 42.0 Å². The second-order valence-corrected chi connectivity index (χ2v) is 5.74. The maximum atomic E-state index is 6.13. The standard InChI is InChI=1S/C13H13Cl2NS/c14-11-5-3-9(8-12(11)15)13(16)6-4-10-2-1-7-17-10/h1-3,5,7-8,13H,4,6,16H2. The van der Waals surface area contributed by atoms with E-state index in [4.69, 9.17) is 28.9 Å². The Labute approximate surface area is 115 Å². The highest BCUT2D eigenvalue weighted by molar-refractivity contribution is 7.09. The van der Waals surface area contributed by atoms with Gasteiger partial charge in [0, 0.05) is 10.9 Å². The maximum Gasteiger partial charge on any atom is 0.0595 e. The highest BCUT2D eigenvalue weighted by Crippen LogP contribution is 2.26. The molecule has 0 radical (unpaired) electrons. The minimum atomic E-state index is 0.00636. The summed E-state index contributed by atoms with van der Waals surface area (Å²) in [5, 5.41) is 3.22. The third-order valence-corrected chi connectivity index (χ3v) is 4.33. The molecule has 0 saturated carbocycles. The summed E-state index contributed by atoms with van der Waals surface area (Å²) in [6.07, 6.45) is 1.91. The minimum absolute atomic E-state index is 0.00636. The number of hydrogen-bond acceptors (Lipinski definition) is 2. The molecule has 1 unspecified atom stereocenters. The van der Waals surface area contributed by atoms with Gasteiger partial charge in [0.2, 0.25) is 0 Å². The number of nitrogens with two attached hydrogens (primary N) is 1. The average Bonchev–Trinajstić information content (AvgIpc) is 2.82. The molecule has 0 spiro atoms. The Morgan fingerprint density at radius 2 is 2.00 bits per heavy atom. The first-order valence-corrected chi connectivity index (χ1v) is 7.03. The van der Waals surface area contributed by atoms with Crippen LogP contribution in [-0.2, 0) is 6.42 Å². The van der Waals surface area contributed by atoms with Gasteiger partial charge in [-0.25, -0.2) is 0 Å². The van der Waals surface area contributed by atoms with Crippen LogP contribution in [0.5, 0.6) is 0 Å². The lowest BCUT2D eigenvalue weighted by Crippen LogP contribution is -2.11. The molecular weight excluding hydrogens is 273 g/mol. The van der Waals surface area contributed by atoms with Crippen LogP contribution in [-0.4, -0.2) is 0 Å². The Morgan fingerprint density at radius 1 is 1.18 bits per heavy atom. The molecule has 2 N–H and O–H groups in total. The Morgan fingerprint density at radius 3 is 2.65 bits per heavy atom. The van der Waals surface area contributed by atoms with E-state index < -0.39 is 0 Å². The number of rotatable bonds is 4. The van der Waals surface area contributed by atoms with Gasteiger partial charge in [0.05, 0.1) is 10.0 Å². The monoisotopic (exact) mass is 285 g/mol. The van der Waals surface area contributed by atoms with Gasteiger partial charge in [-0.15, -0.1) is 11.3 Å². The van der Waals surface area contributed by atoms with E-state index in [9.17, 15) is 0 Å². The molecule has 2 rings (SSSR count). The molecule has 1 heterocycles. The highest BCUT2D eigenvalue weighted by Gasteiger charge is 2.08. The van der Waals surface area contributed by atoms with Crippen molar-refractivity contribution >= 4 is 34.5 Å². The molecule has 0 bridgehead atoms. The molecule has 0 fully saturated rings. The zero-order chi connectivity index (χ0) is 12.3. The molecule has 1 aromatic heterocycles. The van der Waals surface area contributed by atoms with Crippen molar-refractivity contribution in [2.24, 2.45) is 5.73 Å². The Bertz CT molecular complexity index is 482. The van der Waals surface area contributed by atoms with Crippen molar-refractivity contribution in [2.75, 3.05) is 0 Å². The van der Waals surface area contributed by atoms with E-state index in [1.807, 2.05) is 12.1 Å². The second kappa shape index (κ2) is 5.87. The van der Waals surface area contributed by atoms with Crippen LogP contribution in [0.4, 0.5) is 0 Å². The largest absolute Gasteiger partial charge is 0.324 e. The summed E-state index contributed by atoms with van der Waals surface area (Å²) in [5.74, 6) is 0. The Kier molecular flexibility index (Phi) is 4.46. The van der Waals surface area contributed by atoms with E-state index >= 15 is 0 Å². The van der Waals surface area contributed by atoms with Crippen LogP contribution in [0.2, 0.25) is 10.0 Å². The van der Waals surface area contributed by atoms with Gasteiger partial charge in [-0.2, -0.15) is 0 Å². The molecule has 1 nitrogen and oxygen atoms in total. The van der Waals surface area contributed by atoms with Crippen molar-refractivity contribution < 1.29 is 0 Å². The van der Waals surface area contributed by atoms with Crippen LogP contribution in [0.25, 0.3) is 0 Å². The van der Waals surface area contributed by atoms with Crippen LogP contribution in [0.3, 0.4) is 0 Å². The van der Waals surface area contributed by atoms with Crippen LogP contribution in [0, 0.1) is 0 Å². The van der Waals surface area contributed by atoms with Crippen LogP contribution in [0.15, 0.2) is 35.7 Å². The van der Waals surface area contributed by atoms with Crippen molar-refractivity contribution in [3.8, 4) is 0 Å². The van der Waals surface area contributed by atoms with Crippen molar-refractivity contribution in [1.29, 1.82) is 0 Å². The van der Waals surface area contributed by atoms with E-state index in [0.29, 0.717) is 10.0 Å². The molecule has 0 aliphatic carbocycles. The van der Waals surface area contributed by atoms with Gasteiger partial charge in [0.1, 0.15) is 0 Å². The van der Waals surface area contributed by atoms with E-state index in [2.05, 4.69) is 17.5 Å². The predicted molar refractivity (Wildman–Crippen MR) is 76.0 cm³/mol. The van der Waals surface area contributed by atoms with E-state index in [1.165, 1.54) is 4.88 Å². The molecule has 0 amide bonds. The van der Waals surface area contributed by atoms with Gasteiger partial charge >= 0.3 is 0 Å². The summed E-state index contributed by atoms with van der Waals surface area (Å²) < 4.78 is 0. The fourth-order valence-electron chi connectivity index (χ4n) is 1.66. The molecule has 0 saturated heterocycles. The second-order valence-electron chi connectivity index (χ2n) is 3.90. The van der Waals surface area contributed by atoms with Crippen LogP contribution < -0.4 is 5.73 Å². The zero-order valence-corrected chi connectivity index (χ0v) is 11.5. The van der Waals surface area contributed by atoms with Crippen LogP contribution >= 0.6 is 34.5 Å². The lowest BCUT2D eigenvalue weighted by atomic mass is 10.0. The smallest absolute Gasteiger partial charge is 0.0595 e. The topological polar surface area (TPSA) is 26.0 Å². The predicted octanol–water partition coefficient (Wildman–Crippen LogP) is 4.69. The average molecular weight is 286 g/mol. The maximum absolute atomic E-state index is 6.13. The Hall–Kier alpha value is -0.540. The summed E-state index contributed by atoms with van der Waals surface area (Å²) >= 11 is 13.6. The van der Waals surface area contributed by atoms with E-state index in [1.54, 1.807) is 17.4 Å². The fraction of sp³-hybridized carbons (Fsp3) is 0.231. The van der Waals surface area contributed by atoms with Gasteiger partial charge in [-0.1, -0.05) is 35.3 Å². The zero-order valence-electron chi connectivity index (χ0n) is 9.20. The molecule has 0 aliphatic rings. The fourth-order valence-corrected chi connectivity index (χ4v) is 2.69. The normalized spacial score (nSPS) is 12.6. The summed E-state index contributed by atoms with van der Waals surface area (Å²) in [6.45, 7) is 0. The lowest BCUT2D eigenvalue weighted by molar-refractivity contribution is 0.655. The van der Waals surface area contributed by atoms with Gasteiger partial charge in [0.15, 0.2) is 0 Å². The summed E-state index contributed by atoms with van der Waals surface area (Å²) in [6, 6.07) is 9.78. The van der Waals surface area contributed by atoms with Crippen molar-refractivity contribution in [3.63, 3.8) is 0 Å². The summed E-state index contributed by atoms with van der Waals surface area (Å²) in [5.41, 5.74) is 7.17. The van der Waals surface area contributed by atoms with Gasteiger partial charge in [0.25, 0.3) is 0 Å². The molecule has 90 valence electrons. The molecular formula is C13H13Cl2NS. The SMILES string of the molecule is NC(CCc1cccs1)c1ccc(Cl)c(Cl)c1. The number of benzene rings is 1. The van der Waals surface area contributed by atoms with E-state index in [0.717, 1.165) is 18.4 Å². The first kappa shape index (κ1) is 12.9.